The smallest absolute Gasteiger partial charge is 0.0126 e. The lowest BCUT2D eigenvalue weighted by molar-refractivity contribution is 0.162. The van der Waals surface area contributed by atoms with Gasteiger partial charge in [-0.05, 0) is 11.3 Å². The van der Waals surface area contributed by atoms with Crippen LogP contribution in [0.2, 0.25) is 0 Å². The molecule has 15 heavy (non-hydrogen) atoms. The minimum Gasteiger partial charge on any atom is -0.327 e. The molecule has 0 aliphatic carbocycles. The molecule has 1 aliphatic rings. The minimum atomic E-state index is 0.216. The van der Waals surface area contributed by atoms with E-state index in [2.05, 4.69) is 37.9 Å². The maximum Gasteiger partial charge on any atom is 0.0126 e. The number of nitrogens with zero attached hydrogens (tertiary/aromatic N) is 1. The summed E-state index contributed by atoms with van der Waals surface area (Å²) in [4.78, 5) is 2.52. The van der Waals surface area contributed by atoms with E-state index in [1.165, 1.54) is 13.1 Å². The van der Waals surface area contributed by atoms with Crippen molar-refractivity contribution >= 4 is 0 Å². The topological polar surface area (TPSA) is 41.3 Å². The van der Waals surface area contributed by atoms with E-state index in [1.54, 1.807) is 0 Å². The van der Waals surface area contributed by atoms with Crippen molar-refractivity contribution in [2.45, 2.75) is 33.7 Å². The Morgan fingerprint density at radius 2 is 1.80 bits per heavy atom. The number of nitrogens with one attached hydrogen (secondary N) is 1. The molecule has 0 aromatic rings. The fourth-order valence-corrected chi connectivity index (χ4v) is 2.27. The highest BCUT2D eigenvalue weighted by Gasteiger charge is 2.27. The van der Waals surface area contributed by atoms with Crippen molar-refractivity contribution in [3.8, 4) is 0 Å². The van der Waals surface area contributed by atoms with Gasteiger partial charge >= 0.3 is 0 Å². The summed E-state index contributed by atoms with van der Waals surface area (Å²) in [5.41, 5.74) is 6.48. The second kappa shape index (κ2) is 5.28. The standard InChI is InChI=1S/C12H27N3/c1-10(11(13)12(2,3)4)9-15-7-5-14-6-8-15/h10-11,14H,5-9,13H2,1-4H3. The van der Waals surface area contributed by atoms with E-state index in [0.717, 1.165) is 19.6 Å². The molecule has 1 heterocycles. The second-order valence-corrected chi connectivity index (χ2v) is 5.92. The highest BCUT2D eigenvalue weighted by molar-refractivity contribution is 4.84. The number of hydrogen-bond acceptors (Lipinski definition) is 3. The Labute approximate surface area is 94.4 Å². The molecule has 0 saturated carbocycles. The van der Waals surface area contributed by atoms with Crippen LogP contribution in [0.25, 0.3) is 0 Å². The minimum absolute atomic E-state index is 0.216. The van der Waals surface area contributed by atoms with Crippen LogP contribution in [0.1, 0.15) is 27.7 Å². The molecule has 1 aliphatic heterocycles. The Morgan fingerprint density at radius 1 is 1.27 bits per heavy atom. The molecule has 0 spiro atoms. The normalized spacial score (nSPS) is 23.8. The van der Waals surface area contributed by atoms with E-state index in [1.807, 2.05) is 0 Å². The second-order valence-electron chi connectivity index (χ2n) is 5.92. The van der Waals surface area contributed by atoms with E-state index in [9.17, 15) is 0 Å². The third kappa shape index (κ3) is 4.09. The van der Waals surface area contributed by atoms with Crippen LogP contribution in [0.3, 0.4) is 0 Å². The summed E-state index contributed by atoms with van der Waals surface area (Å²) < 4.78 is 0. The van der Waals surface area contributed by atoms with E-state index < -0.39 is 0 Å². The quantitative estimate of drug-likeness (QED) is 0.732. The van der Waals surface area contributed by atoms with Gasteiger partial charge in [-0.25, -0.2) is 0 Å². The van der Waals surface area contributed by atoms with Gasteiger partial charge in [-0.15, -0.1) is 0 Å². The van der Waals surface area contributed by atoms with Gasteiger partial charge in [0.2, 0.25) is 0 Å². The van der Waals surface area contributed by atoms with Gasteiger partial charge in [0.25, 0.3) is 0 Å². The Hall–Kier alpha value is -0.120. The van der Waals surface area contributed by atoms with Gasteiger partial charge in [0.15, 0.2) is 0 Å². The molecule has 0 aromatic heterocycles. The van der Waals surface area contributed by atoms with Gasteiger partial charge in [-0.3, -0.25) is 0 Å². The molecule has 2 atom stereocenters. The fraction of sp³-hybridized carbons (Fsp3) is 1.00. The van der Waals surface area contributed by atoms with Crippen molar-refractivity contribution in [2.75, 3.05) is 32.7 Å². The average molecular weight is 213 g/mol. The molecular weight excluding hydrogens is 186 g/mol. The molecule has 0 bridgehead atoms. The SMILES string of the molecule is CC(CN1CCNCC1)C(N)C(C)(C)C. The molecule has 2 unspecified atom stereocenters. The van der Waals surface area contributed by atoms with Gasteiger partial charge in [0.05, 0.1) is 0 Å². The zero-order valence-electron chi connectivity index (χ0n) is 10.7. The van der Waals surface area contributed by atoms with Crippen molar-refractivity contribution in [2.24, 2.45) is 17.1 Å². The molecule has 90 valence electrons. The van der Waals surface area contributed by atoms with Gasteiger partial charge in [-0.1, -0.05) is 27.7 Å². The van der Waals surface area contributed by atoms with Crippen LogP contribution in [-0.4, -0.2) is 43.7 Å². The van der Waals surface area contributed by atoms with Gasteiger partial charge in [-0.2, -0.15) is 0 Å². The zero-order chi connectivity index (χ0) is 11.5. The molecular formula is C12H27N3. The molecule has 1 fully saturated rings. The largest absolute Gasteiger partial charge is 0.327 e. The number of hydrogen-bond donors (Lipinski definition) is 2. The molecule has 0 amide bonds. The van der Waals surface area contributed by atoms with Crippen molar-refractivity contribution in [3.63, 3.8) is 0 Å². The van der Waals surface area contributed by atoms with Gasteiger partial charge < -0.3 is 16.0 Å². The molecule has 0 radical (unpaired) electrons. The molecule has 3 heteroatoms. The van der Waals surface area contributed by atoms with Crippen molar-refractivity contribution in [3.05, 3.63) is 0 Å². The first kappa shape index (κ1) is 12.9. The van der Waals surface area contributed by atoms with Crippen LogP contribution in [-0.2, 0) is 0 Å². The summed E-state index contributed by atoms with van der Waals surface area (Å²) >= 11 is 0. The van der Waals surface area contributed by atoms with Crippen molar-refractivity contribution < 1.29 is 0 Å². The summed E-state index contributed by atoms with van der Waals surface area (Å²) in [6.07, 6.45) is 0. The molecule has 3 N–H and O–H groups in total. The predicted molar refractivity (Wildman–Crippen MR) is 65.9 cm³/mol. The molecule has 1 saturated heterocycles. The summed E-state index contributed by atoms with van der Waals surface area (Å²) in [5, 5.41) is 3.37. The van der Waals surface area contributed by atoms with E-state index in [4.69, 9.17) is 5.73 Å². The fourth-order valence-electron chi connectivity index (χ4n) is 2.27. The summed E-state index contributed by atoms with van der Waals surface area (Å²) in [6, 6.07) is 0.285. The van der Waals surface area contributed by atoms with Crippen LogP contribution >= 0.6 is 0 Å². The maximum absolute atomic E-state index is 6.27. The lowest BCUT2D eigenvalue weighted by Gasteiger charge is -2.36. The van der Waals surface area contributed by atoms with Crippen molar-refractivity contribution in [1.29, 1.82) is 0 Å². The first-order chi connectivity index (χ1) is 6.91. The number of rotatable bonds is 3. The molecule has 3 nitrogen and oxygen atoms in total. The third-order valence-electron chi connectivity index (χ3n) is 3.37. The summed E-state index contributed by atoms with van der Waals surface area (Å²) in [7, 11) is 0. The average Bonchev–Trinajstić information content (AvgIpc) is 2.16. The molecule has 0 aromatic carbocycles. The first-order valence-corrected chi connectivity index (χ1v) is 6.10. The predicted octanol–water partition coefficient (Wildman–Crippen LogP) is 0.901. The highest BCUT2D eigenvalue weighted by Crippen LogP contribution is 2.23. The van der Waals surface area contributed by atoms with Gasteiger partial charge in [0, 0.05) is 38.8 Å². The molecule has 1 rings (SSSR count). The Morgan fingerprint density at radius 3 is 2.27 bits per heavy atom. The summed E-state index contributed by atoms with van der Waals surface area (Å²) in [5.74, 6) is 0.572. The van der Waals surface area contributed by atoms with Crippen molar-refractivity contribution in [1.82, 2.24) is 10.2 Å². The van der Waals surface area contributed by atoms with Crippen LogP contribution < -0.4 is 11.1 Å². The number of nitrogens with two attached hydrogens (primary N) is 1. The van der Waals surface area contributed by atoms with Gasteiger partial charge in [0.1, 0.15) is 0 Å². The highest BCUT2D eigenvalue weighted by atomic mass is 15.2. The number of piperazine rings is 1. The van der Waals surface area contributed by atoms with Crippen LogP contribution in [0, 0.1) is 11.3 Å². The first-order valence-electron chi connectivity index (χ1n) is 6.10. The van der Waals surface area contributed by atoms with E-state index in [-0.39, 0.29) is 11.5 Å². The monoisotopic (exact) mass is 213 g/mol. The summed E-state index contributed by atoms with van der Waals surface area (Å²) in [6.45, 7) is 14.7. The maximum atomic E-state index is 6.27. The zero-order valence-corrected chi connectivity index (χ0v) is 10.7. The van der Waals surface area contributed by atoms with Crippen LogP contribution in [0.4, 0.5) is 0 Å². The Balaban J connectivity index is 2.36. The third-order valence-corrected chi connectivity index (χ3v) is 3.37. The van der Waals surface area contributed by atoms with E-state index >= 15 is 0 Å². The van der Waals surface area contributed by atoms with Crippen LogP contribution in [0.15, 0.2) is 0 Å². The Kier molecular flexibility index (Phi) is 4.56. The van der Waals surface area contributed by atoms with Crippen LogP contribution in [0.5, 0.6) is 0 Å². The lowest BCUT2D eigenvalue weighted by atomic mass is 9.80. The lowest BCUT2D eigenvalue weighted by Crippen LogP contribution is -2.49. The van der Waals surface area contributed by atoms with E-state index in [0.29, 0.717) is 5.92 Å². The Bertz CT molecular complexity index is 180.